The van der Waals surface area contributed by atoms with Crippen LogP contribution >= 0.6 is 0 Å². The highest BCUT2D eigenvalue weighted by atomic mass is 19.1. The number of amides is 1. The van der Waals surface area contributed by atoms with Gasteiger partial charge in [-0.2, -0.15) is 0 Å². The van der Waals surface area contributed by atoms with E-state index < -0.39 is 0 Å². The Labute approximate surface area is 128 Å². The molecule has 1 fully saturated rings. The topological polar surface area (TPSA) is 41.6 Å². The molecule has 0 bridgehead atoms. The summed E-state index contributed by atoms with van der Waals surface area (Å²) in [4.78, 5) is 14.4. The molecule has 1 heterocycles. The molecular formula is C17H17FN2O2. The average Bonchev–Trinajstić information content (AvgIpc) is 2.58. The summed E-state index contributed by atoms with van der Waals surface area (Å²) >= 11 is 0. The maximum Gasteiger partial charge on any atom is 0.256 e. The number of carbonyl (C=O) groups excluding carboxylic acids is 1. The maximum atomic E-state index is 13.0. The molecule has 0 spiro atoms. The first-order valence-corrected chi connectivity index (χ1v) is 7.23. The molecule has 22 heavy (non-hydrogen) atoms. The highest BCUT2D eigenvalue weighted by molar-refractivity contribution is 6.00. The number of halogens is 1. The van der Waals surface area contributed by atoms with Crippen molar-refractivity contribution >= 4 is 17.3 Å². The number of nitrogens with zero attached hydrogens (tertiary/aromatic N) is 1. The Bertz CT molecular complexity index is 652. The van der Waals surface area contributed by atoms with E-state index >= 15 is 0 Å². The van der Waals surface area contributed by atoms with Crippen molar-refractivity contribution in [3.8, 4) is 0 Å². The van der Waals surface area contributed by atoms with Gasteiger partial charge in [0, 0.05) is 18.8 Å². The van der Waals surface area contributed by atoms with Crippen LogP contribution in [0.4, 0.5) is 15.8 Å². The van der Waals surface area contributed by atoms with Gasteiger partial charge in [-0.3, -0.25) is 4.79 Å². The summed E-state index contributed by atoms with van der Waals surface area (Å²) in [5.41, 5.74) is 2.06. The van der Waals surface area contributed by atoms with Crippen LogP contribution in [0.25, 0.3) is 0 Å². The fraction of sp³-hybridized carbons (Fsp3) is 0.235. The fourth-order valence-electron chi connectivity index (χ4n) is 2.40. The first-order chi connectivity index (χ1) is 10.7. The molecule has 0 unspecified atom stereocenters. The van der Waals surface area contributed by atoms with Crippen molar-refractivity contribution in [2.24, 2.45) is 0 Å². The second kappa shape index (κ2) is 6.58. The van der Waals surface area contributed by atoms with E-state index in [9.17, 15) is 9.18 Å². The van der Waals surface area contributed by atoms with E-state index in [2.05, 4.69) is 5.32 Å². The normalized spacial score (nSPS) is 14.7. The van der Waals surface area contributed by atoms with Crippen molar-refractivity contribution in [1.82, 2.24) is 4.90 Å². The Balaban J connectivity index is 1.82. The molecule has 4 nitrogen and oxygen atoms in total. The third-order valence-corrected chi connectivity index (χ3v) is 3.58. The molecule has 1 N–H and O–H groups in total. The molecule has 1 amide bonds. The Morgan fingerprint density at radius 1 is 1.05 bits per heavy atom. The van der Waals surface area contributed by atoms with Crippen molar-refractivity contribution in [2.75, 3.05) is 31.6 Å². The van der Waals surface area contributed by atoms with Crippen LogP contribution in [0.1, 0.15) is 10.4 Å². The Morgan fingerprint density at radius 3 is 2.45 bits per heavy atom. The third kappa shape index (κ3) is 3.26. The number of benzene rings is 2. The van der Waals surface area contributed by atoms with E-state index in [4.69, 9.17) is 4.74 Å². The van der Waals surface area contributed by atoms with Crippen molar-refractivity contribution < 1.29 is 13.9 Å². The molecule has 3 rings (SSSR count). The van der Waals surface area contributed by atoms with Crippen LogP contribution in [0.3, 0.4) is 0 Å². The smallest absolute Gasteiger partial charge is 0.256 e. The van der Waals surface area contributed by atoms with Gasteiger partial charge in [-0.1, -0.05) is 12.1 Å². The van der Waals surface area contributed by atoms with E-state index in [-0.39, 0.29) is 11.7 Å². The largest absolute Gasteiger partial charge is 0.378 e. The highest BCUT2D eigenvalue weighted by Gasteiger charge is 2.20. The van der Waals surface area contributed by atoms with Crippen LogP contribution in [-0.2, 0) is 4.74 Å². The number of para-hydroxylation sites is 1. The van der Waals surface area contributed by atoms with E-state index in [0.29, 0.717) is 37.6 Å². The van der Waals surface area contributed by atoms with E-state index in [1.165, 1.54) is 12.1 Å². The van der Waals surface area contributed by atoms with E-state index in [1.54, 1.807) is 23.1 Å². The molecular weight excluding hydrogens is 283 g/mol. The summed E-state index contributed by atoms with van der Waals surface area (Å²) in [5.74, 6) is -0.309. The van der Waals surface area contributed by atoms with Gasteiger partial charge >= 0.3 is 0 Å². The summed E-state index contributed by atoms with van der Waals surface area (Å²) < 4.78 is 18.3. The van der Waals surface area contributed by atoms with Gasteiger partial charge in [0.05, 0.1) is 24.5 Å². The number of hydrogen-bond donors (Lipinski definition) is 1. The maximum absolute atomic E-state index is 13.0. The minimum absolute atomic E-state index is 0.0199. The fourth-order valence-corrected chi connectivity index (χ4v) is 2.40. The summed E-state index contributed by atoms with van der Waals surface area (Å²) in [6.45, 7) is 2.34. The highest BCUT2D eigenvalue weighted by Crippen LogP contribution is 2.22. The number of hydrogen-bond acceptors (Lipinski definition) is 3. The SMILES string of the molecule is O=C(c1ccccc1Nc1ccc(F)cc1)N1CCOCC1. The quantitative estimate of drug-likeness (QED) is 0.947. The molecule has 114 valence electrons. The molecule has 1 saturated heterocycles. The van der Waals surface area contributed by atoms with E-state index in [1.807, 2.05) is 18.2 Å². The summed E-state index contributed by atoms with van der Waals surface area (Å²) in [7, 11) is 0. The van der Waals surface area contributed by atoms with Crippen LogP contribution in [-0.4, -0.2) is 37.1 Å². The molecule has 0 aliphatic carbocycles. The minimum Gasteiger partial charge on any atom is -0.378 e. The van der Waals surface area contributed by atoms with Crippen LogP contribution in [0.2, 0.25) is 0 Å². The van der Waals surface area contributed by atoms with Gasteiger partial charge < -0.3 is 15.0 Å². The second-order valence-corrected chi connectivity index (χ2v) is 5.08. The summed E-state index contributed by atoms with van der Waals surface area (Å²) in [6, 6.07) is 13.4. The van der Waals surface area contributed by atoms with Gasteiger partial charge in [0.1, 0.15) is 5.82 Å². The van der Waals surface area contributed by atoms with Gasteiger partial charge in [-0.05, 0) is 36.4 Å². The molecule has 1 aliphatic heterocycles. The van der Waals surface area contributed by atoms with Crippen LogP contribution in [0.15, 0.2) is 48.5 Å². The molecule has 0 saturated carbocycles. The second-order valence-electron chi connectivity index (χ2n) is 5.08. The van der Waals surface area contributed by atoms with Crippen molar-refractivity contribution in [1.29, 1.82) is 0 Å². The summed E-state index contributed by atoms with van der Waals surface area (Å²) in [5, 5.41) is 3.17. The standard InChI is InChI=1S/C17H17FN2O2/c18-13-5-7-14(8-6-13)19-16-4-2-1-3-15(16)17(21)20-9-11-22-12-10-20/h1-8,19H,9-12H2. The molecule has 1 aliphatic rings. The number of morpholine rings is 1. The first-order valence-electron chi connectivity index (χ1n) is 7.23. The monoisotopic (exact) mass is 300 g/mol. The van der Waals surface area contributed by atoms with Gasteiger partial charge in [-0.25, -0.2) is 4.39 Å². The number of ether oxygens (including phenoxy) is 1. The lowest BCUT2D eigenvalue weighted by molar-refractivity contribution is 0.0303. The zero-order valence-electron chi connectivity index (χ0n) is 12.1. The predicted octanol–water partition coefficient (Wildman–Crippen LogP) is 3.04. The Kier molecular flexibility index (Phi) is 4.34. The number of nitrogens with one attached hydrogen (secondary N) is 1. The zero-order chi connectivity index (χ0) is 15.4. The number of anilines is 2. The number of carbonyl (C=O) groups is 1. The molecule has 2 aromatic rings. The predicted molar refractivity (Wildman–Crippen MR) is 82.8 cm³/mol. The van der Waals surface area contributed by atoms with Gasteiger partial charge in [0.25, 0.3) is 5.91 Å². The van der Waals surface area contributed by atoms with Gasteiger partial charge in [0.15, 0.2) is 0 Å². The Hall–Kier alpha value is -2.40. The van der Waals surface area contributed by atoms with Crippen LogP contribution in [0.5, 0.6) is 0 Å². The molecule has 0 atom stereocenters. The lowest BCUT2D eigenvalue weighted by atomic mass is 10.1. The van der Waals surface area contributed by atoms with Gasteiger partial charge in [-0.15, -0.1) is 0 Å². The van der Waals surface area contributed by atoms with Gasteiger partial charge in [0.2, 0.25) is 0 Å². The lowest BCUT2D eigenvalue weighted by Gasteiger charge is -2.27. The minimum atomic E-state index is -0.289. The van der Waals surface area contributed by atoms with Crippen LogP contribution < -0.4 is 5.32 Å². The third-order valence-electron chi connectivity index (χ3n) is 3.58. The van der Waals surface area contributed by atoms with Crippen LogP contribution in [0, 0.1) is 5.82 Å². The van der Waals surface area contributed by atoms with Crippen molar-refractivity contribution in [2.45, 2.75) is 0 Å². The first kappa shape index (κ1) is 14.5. The molecule has 0 aromatic heterocycles. The average molecular weight is 300 g/mol. The Morgan fingerprint density at radius 2 is 1.73 bits per heavy atom. The van der Waals surface area contributed by atoms with Crippen molar-refractivity contribution in [3.63, 3.8) is 0 Å². The van der Waals surface area contributed by atoms with Crippen molar-refractivity contribution in [3.05, 3.63) is 59.9 Å². The summed E-state index contributed by atoms with van der Waals surface area (Å²) in [6.07, 6.45) is 0. The molecule has 5 heteroatoms. The number of rotatable bonds is 3. The van der Waals surface area contributed by atoms with E-state index in [0.717, 1.165) is 5.69 Å². The zero-order valence-corrected chi connectivity index (χ0v) is 12.1. The molecule has 2 aromatic carbocycles. The molecule has 0 radical (unpaired) electrons. The lowest BCUT2D eigenvalue weighted by Crippen LogP contribution is -2.40.